The van der Waals surface area contributed by atoms with Crippen molar-refractivity contribution in [3.63, 3.8) is 0 Å². The minimum absolute atomic E-state index is 0.286. The number of hydrogen-bond acceptors (Lipinski definition) is 3. The van der Waals surface area contributed by atoms with Crippen molar-refractivity contribution in [2.75, 3.05) is 7.11 Å². The van der Waals surface area contributed by atoms with Gasteiger partial charge < -0.3 is 4.74 Å². The summed E-state index contributed by atoms with van der Waals surface area (Å²) in [6.45, 7) is 4.20. The zero-order valence-corrected chi connectivity index (χ0v) is 10.9. The zero-order chi connectivity index (χ0) is 12.4. The number of nitrogens with two attached hydrogens (primary N) is 1. The summed E-state index contributed by atoms with van der Waals surface area (Å²) in [7, 11) is 1.71. The molecule has 1 aromatic rings. The lowest BCUT2D eigenvalue weighted by Gasteiger charge is -2.34. The third kappa shape index (κ3) is 2.31. The normalized spacial score (nSPS) is 17.6. The van der Waals surface area contributed by atoms with Crippen LogP contribution < -0.4 is 16.0 Å². The summed E-state index contributed by atoms with van der Waals surface area (Å²) in [5.41, 5.74) is 6.73. The quantitative estimate of drug-likeness (QED) is 0.622. The molecule has 1 atom stereocenters. The average molecular weight is 234 g/mol. The molecule has 0 aromatic heterocycles. The number of methoxy groups -OCH3 is 1. The molecular weight excluding hydrogens is 212 g/mol. The van der Waals surface area contributed by atoms with Crippen LogP contribution in [0.4, 0.5) is 0 Å². The summed E-state index contributed by atoms with van der Waals surface area (Å²) in [5, 5.41) is 0. The lowest BCUT2D eigenvalue weighted by atomic mass is 9.76. The molecule has 1 saturated carbocycles. The monoisotopic (exact) mass is 234 g/mol. The Balaban J connectivity index is 2.32. The largest absolute Gasteiger partial charge is 0.496 e. The molecule has 94 valence electrons. The maximum Gasteiger partial charge on any atom is 0.122 e. The molecule has 2 rings (SSSR count). The van der Waals surface area contributed by atoms with Gasteiger partial charge in [0.2, 0.25) is 0 Å². The Morgan fingerprint density at radius 2 is 2.00 bits per heavy atom. The highest BCUT2D eigenvalue weighted by molar-refractivity contribution is 5.43. The van der Waals surface area contributed by atoms with Crippen LogP contribution in [0.15, 0.2) is 12.1 Å². The van der Waals surface area contributed by atoms with Gasteiger partial charge in [-0.25, -0.2) is 0 Å². The Hall–Kier alpha value is -1.06. The van der Waals surface area contributed by atoms with Crippen LogP contribution in [0.2, 0.25) is 0 Å². The smallest absolute Gasteiger partial charge is 0.122 e. The van der Waals surface area contributed by atoms with E-state index < -0.39 is 0 Å². The second kappa shape index (κ2) is 5.07. The zero-order valence-electron chi connectivity index (χ0n) is 10.9. The molecule has 3 nitrogen and oxygen atoms in total. The average Bonchev–Trinajstić information content (AvgIpc) is 2.26. The topological polar surface area (TPSA) is 47.3 Å². The molecule has 1 aromatic carbocycles. The fourth-order valence-electron chi connectivity index (χ4n) is 2.62. The van der Waals surface area contributed by atoms with Gasteiger partial charge >= 0.3 is 0 Å². The number of ether oxygens (including phenoxy) is 1. The molecule has 17 heavy (non-hydrogen) atoms. The first-order chi connectivity index (χ1) is 8.17. The molecule has 0 aliphatic heterocycles. The molecular formula is C14H22N2O. The van der Waals surface area contributed by atoms with E-state index in [1.165, 1.54) is 36.0 Å². The molecule has 0 radical (unpaired) electrons. The Morgan fingerprint density at radius 1 is 1.29 bits per heavy atom. The summed E-state index contributed by atoms with van der Waals surface area (Å²) in [6.07, 6.45) is 3.88. The fourth-order valence-corrected chi connectivity index (χ4v) is 2.62. The van der Waals surface area contributed by atoms with E-state index in [0.717, 1.165) is 5.75 Å². The highest BCUT2D eigenvalue weighted by Crippen LogP contribution is 2.39. The van der Waals surface area contributed by atoms with E-state index in [9.17, 15) is 0 Å². The van der Waals surface area contributed by atoms with Crippen molar-refractivity contribution < 1.29 is 4.74 Å². The van der Waals surface area contributed by atoms with Gasteiger partial charge in [-0.3, -0.25) is 11.3 Å². The standard InChI is InChI=1S/C14H22N2O/c1-9-8-13(17-3)10(2)7-12(9)14(16-15)11-5-4-6-11/h7-8,11,14,16H,4-6,15H2,1-3H3. The van der Waals surface area contributed by atoms with E-state index in [-0.39, 0.29) is 6.04 Å². The van der Waals surface area contributed by atoms with Crippen molar-refractivity contribution in [2.45, 2.75) is 39.2 Å². The highest BCUT2D eigenvalue weighted by atomic mass is 16.5. The third-order valence-electron chi connectivity index (χ3n) is 3.92. The number of nitrogens with one attached hydrogen (secondary N) is 1. The number of hydrazine groups is 1. The van der Waals surface area contributed by atoms with Gasteiger partial charge in [-0.15, -0.1) is 0 Å². The minimum Gasteiger partial charge on any atom is -0.496 e. The van der Waals surface area contributed by atoms with E-state index in [1.54, 1.807) is 7.11 Å². The first-order valence-electron chi connectivity index (χ1n) is 6.28. The second-order valence-electron chi connectivity index (χ2n) is 5.01. The van der Waals surface area contributed by atoms with Gasteiger partial charge in [0.25, 0.3) is 0 Å². The van der Waals surface area contributed by atoms with Gasteiger partial charge in [0.15, 0.2) is 0 Å². The molecule has 0 spiro atoms. The van der Waals surface area contributed by atoms with E-state index in [0.29, 0.717) is 5.92 Å². The molecule has 3 heteroatoms. The SMILES string of the molecule is COc1cc(C)c(C(NN)C2CCC2)cc1C. The molecule has 1 unspecified atom stereocenters. The van der Waals surface area contributed by atoms with Crippen molar-refractivity contribution in [2.24, 2.45) is 11.8 Å². The summed E-state index contributed by atoms with van der Waals surface area (Å²) in [4.78, 5) is 0. The minimum atomic E-state index is 0.286. The van der Waals surface area contributed by atoms with E-state index in [2.05, 4.69) is 31.4 Å². The lowest BCUT2D eigenvalue weighted by Crippen LogP contribution is -2.36. The van der Waals surface area contributed by atoms with Crippen molar-refractivity contribution >= 4 is 0 Å². The Labute approximate surface area is 103 Å². The van der Waals surface area contributed by atoms with Crippen molar-refractivity contribution in [3.8, 4) is 5.75 Å². The summed E-state index contributed by atoms with van der Waals surface area (Å²) in [6, 6.07) is 4.60. The fraction of sp³-hybridized carbons (Fsp3) is 0.571. The van der Waals surface area contributed by atoms with Gasteiger partial charge in [-0.2, -0.15) is 0 Å². The number of aryl methyl sites for hydroxylation is 2. The van der Waals surface area contributed by atoms with Crippen molar-refractivity contribution in [3.05, 3.63) is 28.8 Å². The maximum atomic E-state index is 5.72. The summed E-state index contributed by atoms with van der Waals surface area (Å²) >= 11 is 0. The maximum absolute atomic E-state index is 5.72. The highest BCUT2D eigenvalue weighted by Gasteiger charge is 2.28. The van der Waals surface area contributed by atoms with Gasteiger partial charge in [-0.05, 0) is 55.4 Å². The third-order valence-corrected chi connectivity index (χ3v) is 3.92. The number of rotatable bonds is 4. The molecule has 0 heterocycles. The van der Waals surface area contributed by atoms with Crippen LogP contribution in [-0.2, 0) is 0 Å². The molecule has 0 saturated heterocycles. The van der Waals surface area contributed by atoms with E-state index in [4.69, 9.17) is 10.6 Å². The molecule has 0 bridgehead atoms. The van der Waals surface area contributed by atoms with E-state index in [1.807, 2.05) is 0 Å². The molecule has 3 N–H and O–H groups in total. The van der Waals surface area contributed by atoms with E-state index >= 15 is 0 Å². The first-order valence-corrected chi connectivity index (χ1v) is 6.28. The summed E-state index contributed by atoms with van der Waals surface area (Å²) < 4.78 is 5.34. The van der Waals surface area contributed by atoms with Crippen LogP contribution >= 0.6 is 0 Å². The molecule has 1 aliphatic carbocycles. The summed E-state index contributed by atoms with van der Waals surface area (Å²) in [5.74, 6) is 7.36. The lowest BCUT2D eigenvalue weighted by molar-refractivity contribution is 0.231. The van der Waals surface area contributed by atoms with Crippen LogP contribution in [0.1, 0.15) is 42.0 Å². The molecule has 1 fully saturated rings. The van der Waals surface area contributed by atoms with Gasteiger partial charge in [0, 0.05) is 6.04 Å². The number of hydrogen-bond donors (Lipinski definition) is 2. The predicted octanol–water partition coefficient (Wildman–Crippen LogP) is 2.62. The Morgan fingerprint density at radius 3 is 2.47 bits per heavy atom. The van der Waals surface area contributed by atoms with Crippen LogP contribution in [0.25, 0.3) is 0 Å². The van der Waals surface area contributed by atoms with Crippen LogP contribution in [-0.4, -0.2) is 7.11 Å². The predicted molar refractivity (Wildman–Crippen MR) is 69.9 cm³/mol. The number of benzene rings is 1. The molecule has 0 amide bonds. The molecule has 1 aliphatic rings. The van der Waals surface area contributed by atoms with Gasteiger partial charge in [-0.1, -0.05) is 12.5 Å². The first kappa shape index (κ1) is 12.4. The second-order valence-corrected chi connectivity index (χ2v) is 5.01. The van der Waals surface area contributed by atoms with Crippen LogP contribution in [0.5, 0.6) is 5.75 Å². The Kier molecular flexibility index (Phi) is 3.69. The van der Waals surface area contributed by atoms with Crippen molar-refractivity contribution in [1.29, 1.82) is 0 Å². The van der Waals surface area contributed by atoms with Gasteiger partial charge in [0.05, 0.1) is 7.11 Å². The Bertz CT molecular complexity index is 399. The van der Waals surface area contributed by atoms with Crippen molar-refractivity contribution in [1.82, 2.24) is 5.43 Å². The van der Waals surface area contributed by atoms with Gasteiger partial charge in [0.1, 0.15) is 5.75 Å². The van der Waals surface area contributed by atoms with Crippen LogP contribution in [0.3, 0.4) is 0 Å². The van der Waals surface area contributed by atoms with Crippen LogP contribution in [0, 0.1) is 19.8 Å².